The van der Waals surface area contributed by atoms with E-state index in [4.69, 9.17) is 16.3 Å². The fraction of sp³-hybridized carbons (Fsp3) is 0.500. The normalized spacial score (nSPS) is 24.2. The molecular weight excluding hydrogens is 462 g/mol. The highest BCUT2D eigenvalue weighted by molar-refractivity contribution is 7.89. The molecule has 0 spiro atoms. The Labute approximate surface area is 200 Å². The smallest absolute Gasteiger partial charge is 0.243 e. The number of hydrogen-bond acceptors (Lipinski definition) is 5. The van der Waals surface area contributed by atoms with Crippen LogP contribution in [0, 0.1) is 12.8 Å². The van der Waals surface area contributed by atoms with Crippen LogP contribution in [-0.4, -0.2) is 48.8 Å². The quantitative estimate of drug-likeness (QED) is 0.661. The third kappa shape index (κ3) is 5.67. The summed E-state index contributed by atoms with van der Waals surface area (Å²) in [6, 6.07) is 8.69. The van der Waals surface area contributed by atoms with Gasteiger partial charge in [0.15, 0.2) is 0 Å². The van der Waals surface area contributed by atoms with Crippen LogP contribution >= 0.6 is 11.6 Å². The molecule has 1 saturated heterocycles. The van der Waals surface area contributed by atoms with E-state index in [1.165, 1.54) is 4.31 Å². The molecule has 1 atom stereocenters. The van der Waals surface area contributed by atoms with Crippen LogP contribution in [0.1, 0.15) is 44.1 Å². The highest BCUT2D eigenvalue weighted by Crippen LogP contribution is 2.29. The number of carbonyl (C=O) groups is 1. The molecule has 1 aliphatic heterocycles. The van der Waals surface area contributed by atoms with Gasteiger partial charge in [-0.3, -0.25) is 9.78 Å². The predicted molar refractivity (Wildman–Crippen MR) is 127 cm³/mol. The Bertz CT molecular complexity index is 1070. The van der Waals surface area contributed by atoms with E-state index in [1.807, 2.05) is 12.1 Å². The summed E-state index contributed by atoms with van der Waals surface area (Å²) in [6.07, 6.45) is 8.33. The number of halogens is 1. The Morgan fingerprint density at radius 1 is 1.12 bits per heavy atom. The van der Waals surface area contributed by atoms with E-state index < -0.39 is 10.0 Å². The van der Waals surface area contributed by atoms with Crippen LogP contribution in [0.5, 0.6) is 5.75 Å². The second-order valence-electron chi connectivity index (χ2n) is 8.85. The lowest BCUT2D eigenvalue weighted by molar-refractivity contribution is -0.127. The molecule has 9 heteroatoms. The van der Waals surface area contributed by atoms with Crippen LogP contribution in [0.25, 0.3) is 0 Å². The number of sulfonamides is 1. The van der Waals surface area contributed by atoms with Crippen molar-refractivity contribution in [3.8, 4) is 5.75 Å². The number of benzene rings is 1. The third-order valence-corrected chi connectivity index (χ3v) is 8.98. The van der Waals surface area contributed by atoms with E-state index in [9.17, 15) is 13.2 Å². The average molecular weight is 492 g/mol. The lowest BCUT2D eigenvalue weighted by Crippen LogP contribution is -2.48. The first-order valence-corrected chi connectivity index (χ1v) is 13.3. The van der Waals surface area contributed by atoms with Crippen molar-refractivity contribution >= 4 is 27.5 Å². The molecule has 1 aromatic carbocycles. The number of hydrogen-bond donors (Lipinski definition) is 1. The number of piperidine rings is 1. The summed E-state index contributed by atoms with van der Waals surface area (Å²) in [7, 11) is -3.70. The van der Waals surface area contributed by atoms with Gasteiger partial charge in [-0.2, -0.15) is 4.31 Å². The molecule has 7 nitrogen and oxygen atoms in total. The third-order valence-electron chi connectivity index (χ3n) is 6.56. The number of amides is 1. The van der Waals surface area contributed by atoms with Gasteiger partial charge < -0.3 is 10.1 Å². The largest absolute Gasteiger partial charge is 0.490 e. The van der Waals surface area contributed by atoms with E-state index in [-0.39, 0.29) is 35.4 Å². The highest BCUT2D eigenvalue weighted by atomic mass is 35.5. The van der Waals surface area contributed by atoms with Gasteiger partial charge in [0.25, 0.3) is 0 Å². The maximum Gasteiger partial charge on any atom is 0.243 e. The van der Waals surface area contributed by atoms with Gasteiger partial charge in [-0.15, -0.1) is 0 Å². The van der Waals surface area contributed by atoms with E-state index in [2.05, 4.69) is 10.3 Å². The van der Waals surface area contributed by atoms with E-state index in [0.29, 0.717) is 30.0 Å². The number of nitrogens with one attached hydrogen (secondary N) is 1. The van der Waals surface area contributed by atoms with E-state index >= 15 is 0 Å². The Balaban J connectivity index is 1.31. The first kappa shape index (κ1) is 24.0. The van der Waals surface area contributed by atoms with Crippen LogP contribution < -0.4 is 10.1 Å². The van der Waals surface area contributed by atoms with Crippen molar-refractivity contribution in [1.29, 1.82) is 0 Å². The zero-order valence-electron chi connectivity index (χ0n) is 18.7. The van der Waals surface area contributed by atoms with Crippen LogP contribution in [0.2, 0.25) is 5.02 Å². The lowest BCUT2D eigenvalue weighted by atomic mass is 9.91. The van der Waals surface area contributed by atoms with Gasteiger partial charge in [-0.1, -0.05) is 17.7 Å². The van der Waals surface area contributed by atoms with Gasteiger partial charge in [0.1, 0.15) is 5.75 Å². The van der Waals surface area contributed by atoms with Crippen molar-refractivity contribution in [2.24, 2.45) is 5.92 Å². The van der Waals surface area contributed by atoms with Crippen molar-refractivity contribution in [3.05, 3.63) is 53.3 Å². The van der Waals surface area contributed by atoms with Crippen molar-refractivity contribution < 1.29 is 17.9 Å². The summed E-state index contributed by atoms with van der Waals surface area (Å²) in [5, 5.41) is 3.58. The zero-order valence-corrected chi connectivity index (χ0v) is 20.3. The summed E-state index contributed by atoms with van der Waals surface area (Å²) in [5.41, 5.74) is 0.538. The number of carbonyl (C=O) groups excluding carboxylic acids is 1. The highest BCUT2D eigenvalue weighted by Gasteiger charge is 2.35. The minimum atomic E-state index is -3.70. The molecule has 1 saturated carbocycles. The molecule has 178 valence electrons. The second-order valence-corrected chi connectivity index (χ2v) is 11.2. The molecule has 1 unspecified atom stereocenters. The summed E-state index contributed by atoms with van der Waals surface area (Å²) in [5.74, 6) is 0.408. The maximum atomic E-state index is 13.2. The molecule has 0 radical (unpaired) electrons. The fourth-order valence-corrected chi connectivity index (χ4v) is 6.64. The summed E-state index contributed by atoms with van der Waals surface area (Å²) in [6.45, 7) is 2.31. The fourth-order valence-electron chi connectivity index (χ4n) is 4.63. The maximum absolute atomic E-state index is 13.2. The number of nitrogens with zero attached hydrogens (tertiary/aromatic N) is 2. The molecule has 2 aromatic rings. The van der Waals surface area contributed by atoms with Crippen molar-refractivity contribution in [2.75, 3.05) is 13.1 Å². The minimum Gasteiger partial charge on any atom is -0.490 e. The van der Waals surface area contributed by atoms with Gasteiger partial charge in [0, 0.05) is 36.5 Å². The first-order chi connectivity index (χ1) is 15.8. The molecule has 33 heavy (non-hydrogen) atoms. The molecule has 0 bridgehead atoms. The van der Waals surface area contributed by atoms with Crippen LogP contribution in [-0.2, 0) is 14.8 Å². The molecule has 1 amide bonds. The standard InChI is InChI=1S/C24H30ClN3O4S/c1-17-22(25)5-2-6-23(17)33(30,31)28-15-3-4-18(16-28)24(29)27-19-7-9-20(10-8-19)32-21-11-13-26-14-12-21/h2,5-6,11-14,18-20H,3-4,7-10,15-16H2,1H3,(H,27,29). The predicted octanol–water partition coefficient (Wildman–Crippen LogP) is 3.95. The van der Waals surface area contributed by atoms with Gasteiger partial charge in [0.2, 0.25) is 15.9 Å². The van der Waals surface area contributed by atoms with Gasteiger partial charge in [0.05, 0.1) is 16.9 Å². The number of rotatable bonds is 6. The molecule has 2 aliphatic rings. The van der Waals surface area contributed by atoms with E-state index in [0.717, 1.165) is 31.4 Å². The van der Waals surface area contributed by atoms with Crippen molar-refractivity contribution in [2.45, 2.75) is 62.5 Å². The monoisotopic (exact) mass is 491 g/mol. The molecule has 2 fully saturated rings. The van der Waals surface area contributed by atoms with Gasteiger partial charge >= 0.3 is 0 Å². The Morgan fingerprint density at radius 3 is 2.58 bits per heavy atom. The average Bonchev–Trinajstić information content (AvgIpc) is 2.83. The van der Waals surface area contributed by atoms with Gasteiger partial charge in [-0.25, -0.2) is 8.42 Å². The Morgan fingerprint density at radius 2 is 1.85 bits per heavy atom. The Kier molecular flexibility index (Phi) is 7.56. The summed E-state index contributed by atoms with van der Waals surface area (Å²) in [4.78, 5) is 17.2. The van der Waals surface area contributed by atoms with Crippen molar-refractivity contribution in [3.63, 3.8) is 0 Å². The summed E-state index contributed by atoms with van der Waals surface area (Å²) >= 11 is 6.14. The molecule has 1 aliphatic carbocycles. The summed E-state index contributed by atoms with van der Waals surface area (Å²) < 4.78 is 33.9. The first-order valence-electron chi connectivity index (χ1n) is 11.5. The molecule has 2 heterocycles. The second kappa shape index (κ2) is 10.4. The molecule has 4 rings (SSSR count). The van der Waals surface area contributed by atoms with Crippen molar-refractivity contribution in [1.82, 2.24) is 14.6 Å². The van der Waals surface area contributed by atoms with Crippen LogP contribution in [0.3, 0.4) is 0 Å². The zero-order chi connectivity index (χ0) is 23.4. The lowest BCUT2D eigenvalue weighted by Gasteiger charge is -2.34. The van der Waals surface area contributed by atoms with Gasteiger partial charge in [-0.05, 0) is 75.3 Å². The molecular formula is C24H30ClN3O4S. The Hall–Kier alpha value is -2.16. The number of ether oxygens (including phenoxy) is 1. The number of pyridine rings is 1. The van der Waals surface area contributed by atoms with Crippen LogP contribution in [0.15, 0.2) is 47.6 Å². The van der Waals surface area contributed by atoms with Crippen LogP contribution in [0.4, 0.5) is 0 Å². The minimum absolute atomic E-state index is 0.0591. The molecule has 1 aromatic heterocycles. The topological polar surface area (TPSA) is 88.6 Å². The SMILES string of the molecule is Cc1c(Cl)cccc1S(=O)(=O)N1CCCC(C(=O)NC2CCC(Oc3ccncc3)CC2)C1. The van der Waals surface area contributed by atoms with E-state index in [1.54, 1.807) is 37.5 Å². The molecule has 1 N–H and O–H groups in total. The number of aromatic nitrogens is 1.